The third kappa shape index (κ3) is 4.14. The molecule has 0 unspecified atom stereocenters. The zero-order valence-electron chi connectivity index (χ0n) is 19.1. The lowest BCUT2D eigenvalue weighted by molar-refractivity contribution is -0.137. The van der Waals surface area contributed by atoms with Crippen molar-refractivity contribution in [2.45, 2.75) is 13.1 Å². The van der Waals surface area contributed by atoms with E-state index in [2.05, 4.69) is 30.6 Å². The van der Waals surface area contributed by atoms with Gasteiger partial charge in [-0.15, -0.1) is 0 Å². The van der Waals surface area contributed by atoms with E-state index in [0.717, 1.165) is 17.8 Å². The number of rotatable bonds is 4. The summed E-state index contributed by atoms with van der Waals surface area (Å²) >= 11 is 0. The molecule has 2 aliphatic heterocycles. The molecule has 2 aliphatic rings. The predicted molar refractivity (Wildman–Crippen MR) is 127 cm³/mol. The van der Waals surface area contributed by atoms with Gasteiger partial charge in [-0.1, -0.05) is 0 Å². The highest BCUT2D eigenvalue weighted by molar-refractivity contribution is 6.36. The smallest absolute Gasteiger partial charge is 0.357 e. The number of nitrogens with zero attached hydrogens (tertiary/aromatic N) is 5. The fourth-order valence-corrected chi connectivity index (χ4v) is 4.10. The van der Waals surface area contributed by atoms with Crippen molar-refractivity contribution < 1.29 is 22.4 Å². The maximum atomic E-state index is 14.8. The molecule has 0 aliphatic carbocycles. The molecule has 12 heteroatoms. The van der Waals surface area contributed by atoms with Gasteiger partial charge in [0, 0.05) is 37.1 Å². The molecule has 2 aromatic heterocycles. The van der Waals surface area contributed by atoms with Crippen LogP contribution in [0.3, 0.4) is 0 Å². The van der Waals surface area contributed by atoms with Gasteiger partial charge in [0.15, 0.2) is 0 Å². The van der Waals surface area contributed by atoms with Gasteiger partial charge in [0.25, 0.3) is 5.91 Å². The largest absolute Gasteiger partial charge is 0.416 e. The van der Waals surface area contributed by atoms with Gasteiger partial charge >= 0.3 is 6.18 Å². The Bertz CT molecular complexity index is 1450. The van der Waals surface area contributed by atoms with Crippen LogP contribution in [-0.2, 0) is 6.18 Å². The van der Waals surface area contributed by atoms with E-state index in [-0.39, 0.29) is 5.69 Å². The van der Waals surface area contributed by atoms with Gasteiger partial charge in [-0.05, 0) is 48.4 Å². The second-order valence-corrected chi connectivity index (χ2v) is 8.17. The van der Waals surface area contributed by atoms with Crippen LogP contribution < -0.4 is 15.5 Å². The summed E-state index contributed by atoms with van der Waals surface area (Å²) in [4.78, 5) is 31.7. The zero-order valence-corrected chi connectivity index (χ0v) is 19.1. The minimum absolute atomic E-state index is 0.196. The summed E-state index contributed by atoms with van der Waals surface area (Å²) in [7, 11) is 1.72. The van der Waals surface area contributed by atoms with E-state index < -0.39 is 29.2 Å². The Morgan fingerprint density at radius 1 is 1.17 bits per heavy atom. The number of benzene rings is 1. The Labute approximate surface area is 202 Å². The Morgan fingerprint density at radius 2 is 1.97 bits per heavy atom. The maximum Gasteiger partial charge on any atom is 0.416 e. The van der Waals surface area contributed by atoms with Gasteiger partial charge in [-0.2, -0.15) is 18.2 Å². The monoisotopic (exact) mass is 497 g/mol. The van der Waals surface area contributed by atoms with Crippen LogP contribution in [0, 0.1) is 12.7 Å². The molecule has 184 valence electrons. The molecular formula is C24H19F4N7O. The summed E-state index contributed by atoms with van der Waals surface area (Å²) < 4.78 is 53.9. The summed E-state index contributed by atoms with van der Waals surface area (Å²) in [6.07, 6.45) is -0.247. The number of alkyl halides is 3. The molecule has 8 nitrogen and oxygen atoms in total. The zero-order chi connectivity index (χ0) is 25.6. The molecule has 3 aromatic rings. The van der Waals surface area contributed by atoms with E-state index in [1.165, 1.54) is 12.1 Å². The summed E-state index contributed by atoms with van der Waals surface area (Å²) in [6, 6.07) is 4.07. The third-order valence-electron chi connectivity index (χ3n) is 5.83. The Kier molecular flexibility index (Phi) is 5.65. The molecule has 0 spiro atoms. The van der Waals surface area contributed by atoms with Gasteiger partial charge < -0.3 is 15.5 Å². The molecule has 4 heterocycles. The first-order valence-electron chi connectivity index (χ1n) is 10.9. The number of amides is 1. The van der Waals surface area contributed by atoms with E-state index in [4.69, 9.17) is 0 Å². The molecular weight excluding hydrogens is 478 g/mol. The molecule has 0 atom stereocenters. The first-order valence-corrected chi connectivity index (χ1v) is 10.9. The number of aliphatic imine (C=N–C) groups is 1. The van der Waals surface area contributed by atoms with Crippen LogP contribution in [0.25, 0.3) is 11.6 Å². The van der Waals surface area contributed by atoms with E-state index in [1.807, 2.05) is 11.0 Å². The summed E-state index contributed by atoms with van der Waals surface area (Å²) in [5, 5.41) is 5.26. The molecule has 1 amide bonds. The number of hydrogen-bond acceptors (Lipinski definition) is 7. The highest BCUT2D eigenvalue weighted by atomic mass is 19.4. The summed E-state index contributed by atoms with van der Waals surface area (Å²) in [5.41, 5.74) is 0.900. The van der Waals surface area contributed by atoms with Crippen molar-refractivity contribution in [1.82, 2.24) is 15.0 Å². The van der Waals surface area contributed by atoms with Gasteiger partial charge in [-0.25, -0.2) is 9.37 Å². The number of aryl methyl sites for hydroxylation is 1. The fraction of sp³-hybridized carbons (Fsp3) is 0.208. The van der Waals surface area contributed by atoms with Crippen LogP contribution in [0.1, 0.15) is 32.7 Å². The van der Waals surface area contributed by atoms with E-state index >= 15 is 0 Å². The molecule has 5 rings (SSSR count). The normalized spacial score (nSPS) is 14.6. The second kappa shape index (κ2) is 8.70. The lowest BCUT2D eigenvalue weighted by atomic mass is 9.94. The minimum Gasteiger partial charge on any atom is -0.357 e. The second-order valence-electron chi connectivity index (χ2n) is 8.17. The van der Waals surface area contributed by atoms with Crippen molar-refractivity contribution in [3.05, 3.63) is 70.4 Å². The van der Waals surface area contributed by atoms with Gasteiger partial charge in [0.05, 0.1) is 17.8 Å². The first kappa shape index (κ1) is 23.4. The van der Waals surface area contributed by atoms with Crippen molar-refractivity contribution in [2.75, 3.05) is 35.7 Å². The molecule has 0 fully saturated rings. The number of aromatic nitrogens is 3. The van der Waals surface area contributed by atoms with Crippen LogP contribution in [0.5, 0.6) is 0 Å². The van der Waals surface area contributed by atoms with Gasteiger partial charge in [0.1, 0.15) is 23.2 Å². The average molecular weight is 497 g/mol. The topological polar surface area (TPSA) is 95.4 Å². The number of carbonyl (C=O) groups is 1. The lowest BCUT2D eigenvalue weighted by Gasteiger charge is -2.28. The molecule has 0 radical (unpaired) electrons. The van der Waals surface area contributed by atoms with E-state index in [9.17, 15) is 22.4 Å². The molecule has 36 heavy (non-hydrogen) atoms. The standard InChI is InChI=1S/C24H19F4N7O/c1-12-7-17(25)18(33-22(36)19-9-14(3-4-30-19)24(26,27)28)10-15(12)16-8-13-11-32-23(29-2)34-20(13)35-6-5-31-21(16)35/h3-4,7-11H,5-6H2,1-2H3,(H,33,36)(H,29,32,34). The van der Waals surface area contributed by atoms with Crippen molar-refractivity contribution in [1.29, 1.82) is 0 Å². The predicted octanol–water partition coefficient (Wildman–Crippen LogP) is 4.40. The average Bonchev–Trinajstić information content (AvgIpc) is 3.35. The highest BCUT2D eigenvalue weighted by Crippen LogP contribution is 2.37. The minimum atomic E-state index is -4.64. The number of fused-ring (bicyclic) bond motifs is 3. The Hall–Kier alpha value is -4.35. The lowest BCUT2D eigenvalue weighted by Crippen LogP contribution is -2.32. The molecule has 0 bridgehead atoms. The number of pyridine rings is 1. The van der Waals surface area contributed by atoms with Crippen molar-refractivity contribution >= 4 is 40.8 Å². The Balaban J connectivity index is 1.53. The highest BCUT2D eigenvalue weighted by Gasteiger charge is 2.33. The summed E-state index contributed by atoms with van der Waals surface area (Å²) in [6.45, 7) is 2.86. The van der Waals surface area contributed by atoms with Crippen molar-refractivity contribution in [2.24, 2.45) is 4.99 Å². The van der Waals surface area contributed by atoms with E-state index in [1.54, 1.807) is 20.2 Å². The van der Waals surface area contributed by atoms with Crippen molar-refractivity contribution in [3.8, 4) is 0 Å². The third-order valence-corrected chi connectivity index (χ3v) is 5.83. The number of nitrogens with one attached hydrogen (secondary N) is 2. The number of amidine groups is 1. The SMILES string of the molecule is CNc1ncc2c(n1)N1CCN=C1C(c1cc(NC(=O)c3cc(C(F)(F)F)ccn3)c(F)cc1C)=C2. The summed E-state index contributed by atoms with van der Waals surface area (Å²) in [5.74, 6) is 0.0993. The molecule has 0 saturated carbocycles. The van der Waals surface area contributed by atoms with Gasteiger partial charge in [-0.3, -0.25) is 14.8 Å². The van der Waals surface area contributed by atoms with Crippen LogP contribution in [0.2, 0.25) is 0 Å². The quantitative estimate of drug-likeness (QED) is 0.519. The van der Waals surface area contributed by atoms with Crippen LogP contribution in [0.15, 0.2) is 41.7 Å². The van der Waals surface area contributed by atoms with Crippen LogP contribution >= 0.6 is 0 Å². The first-order chi connectivity index (χ1) is 17.2. The molecule has 2 N–H and O–H groups in total. The van der Waals surface area contributed by atoms with Crippen LogP contribution in [0.4, 0.5) is 35.0 Å². The number of carbonyl (C=O) groups excluding carboxylic acids is 1. The number of anilines is 3. The van der Waals surface area contributed by atoms with E-state index in [0.29, 0.717) is 53.5 Å². The number of halogens is 4. The molecule has 0 saturated heterocycles. The van der Waals surface area contributed by atoms with Crippen molar-refractivity contribution in [3.63, 3.8) is 0 Å². The van der Waals surface area contributed by atoms with Gasteiger partial charge in [0.2, 0.25) is 5.95 Å². The maximum absolute atomic E-state index is 14.8. The Morgan fingerprint density at radius 3 is 2.72 bits per heavy atom. The van der Waals surface area contributed by atoms with Crippen LogP contribution in [-0.4, -0.2) is 46.8 Å². The number of hydrogen-bond donors (Lipinski definition) is 2. The fourth-order valence-electron chi connectivity index (χ4n) is 4.10. The molecule has 1 aromatic carbocycles.